The van der Waals surface area contributed by atoms with Gasteiger partial charge in [-0.25, -0.2) is 16.0 Å². The van der Waals surface area contributed by atoms with Crippen molar-refractivity contribution in [3.05, 3.63) is 10.1 Å². The van der Waals surface area contributed by atoms with E-state index >= 15 is 0 Å². The first kappa shape index (κ1) is 11.6. The summed E-state index contributed by atoms with van der Waals surface area (Å²) in [6.07, 6.45) is 0. The van der Waals surface area contributed by atoms with Gasteiger partial charge in [0.2, 0.25) is 0 Å². The van der Waals surface area contributed by atoms with Gasteiger partial charge in [0.25, 0.3) is 5.96 Å². The van der Waals surface area contributed by atoms with E-state index in [1.54, 1.807) is 10.9 Å². The molecule has 0 aromatic carbocycles. The molecule has 78 valence electrons. The summed E-state index contributed by atoms with van der Waals surface area (Å²) < 4.78 is 0. The van der Waals surface area contributed by atoms with Gasteiger partial charge < -0.3 is 5.73 Å². The van der Waals surface area contributed by atoms with E-state index in [0.717, 1.165) is 0 Å². The lowest BCUT2D eigenvalue weighted by atomic mass is 10.6. The number of carbonyl (C=O) groups excluding carboxylic acids is 2. The molecule has 2 amide bonds. The number of rotatable bonds is 1. The molecule has 0 heterocycles. The van der Waals surface area contributed by atoms with E-state index in [1.807, 2.05) is 0 Å². The minimum absolute atomic E-state index is 0.687. The summed E-state index contributed by atoms with van der Waals surface area (Å²) in [6, 6.07) is 0. The molecule has 0 radical (unpaired) electrons. The highest BCUT2D eigenvalue weighted by molar-refractivity contribution is 6.34. The molecule has 0 spiro atoms. The van der Waals surface area contributed by atoms with E-state index in [4.69, 9.17) is 5.73 Å². The Morgan fingerprint density at radius 1 is 1.29 bits per heavy atom. The van der Waals surface area contributed by atoms with Crippen molar-refractivity contribution in [2.24, 2.45) is 16.7 Å². The van der Waals surface area contributed by atoms with Crippen LogP contribution in [0.15, 0.2) is 5.10 Å². The molecule has 0 aliphatic carbocycles. The number of guanidine groups is 1. The summed E-state index contributed by atoms with van der Waals surface area (Å²) in [5.41, 5.74) is 9.90. The fourth-order valence-corrected chi connectivity index (χ4v) is 0.356. The molecule has 14 heavy (non-hydrogen) atoms. The topological polar surface area (TPSA) is 178 Å². The standard InChI is InChI=1S/C3H7N7O4/c4-3(9-10(13)14)8-7-2(12)1(11)6-5/h5H2,(H,6,11)(H,7,12)(H3,4,8,9). The number of nitrogens with zero attached hydrogens (tertiary/aromatic N) is 2. The average Bonchev–Trinajstić information content (AvgIpc) is 2.11. The summed E-state index contributed by atoms with van der Waals surface area (Å²) in [5.74, 6) is 1.60. The molecule has 0 rings (SSSR count). The number of nitrogens with two attached hydrogens (primary N) is 2. The monoisotopic (exact) mass is 205 g/mol. The van der Waals surface area contributed by atoms with Crippen molar-refractivity contribution in [1.29, 1.82) is 0 Å². The maximum Gasteiger partial charge on any atom is 0.329 e. The Hall–Kier alpha value is -2.43. The predicted molar refractivity (Wildman–Crippen MR) is 42.2 cm³/mol. The highest BCUT2D eigenvalue weighted by Crippen LogP contribution is 1.67. The van der Waals surface area contributed by atoms with Gasteiger partial charge in [-0.1, -0.05) is 0 Å². The lowest BCUT2D eigenvalue weighted by molar-refractivity contribution is -0.485. The minimum Gasteiger partial charge on any atom is -0.363 e. The molecule has 0 aliphatic heterocycles. The third-order valence-corrected chi connectivity index (χ3v) is 0.831. The largest absolute Gasteiger partial charge is 0.363 e. The van der Waals surface area contributed by atoms with Gasteiger partial charge in [0.15, 0.2) is 5.03 Å². The summed E-state index contributed by atoms with van der Waals surface area (Å²) in [6.45, 7) is 0. The first-order valence-electron chi connectivity index (χ1n) is 3.02. The van der Waals surface area contributed by atoms with Crippen molar-refractivity contribution in [2.75, 3.05) is 0 Å². The second kappa shape index (κ2) is 5.26. The van der Waals surface area contributed by atoms with E-state index in [1.165, 1.54) is 5.43 Å². The van der Waals surface area contributed by atoms with Crippen molar-refractivity contribution >= 4 is 17.8 Å². The fourth-order valence-electron chi connectivity index (χ4n) is 0.356. The maximum absolute atomic E-state index is 10.6. The zero-order valence-electron chi connectivity index (χ0n) is 6.68. The van der Waals surface area contributed by atoms with Gasteiger partial charge in [-0.05, 0) is 0 Å². The van der Waals surface area contributed by atoms with Crippen molar-refractivity contribution in [1.82, 2.24) is 16.3 Å². The Kier molecular flexibility index (Phi) is 4.34. The van der Waals surface area contributed by atoms with Crippen LogP contribution in [0.25, 0.3) is 0 Å². The lowest BCUT2D eigenvalue weighted by Gasteiger charge is -2.03. The molecular formula is C3H7N7O4. The molecule has 0 fully saturated rings. The quantitative estimate of drug-likeness (QED) is 0.0551. The van der Waals surface area contributed by atoms with Gasteiger partial charge in [-0.2, -0.15) is 0 Å². The van der Waals surface area contributed by atoms with E-state index in [2.05, 4.69) is 10.9 Å². The van der Waals surface area contributed by atoms with Crippen LogP contribution in [0.2, 0.25) is 0 Å². The molecule has 11 nitrogen and oxygen atoms in total. The van der Waals surface area contributed by atoms with Crippen LogP contribution in [-0.4, -0.2) is 22.8 Å². The molecule has 0 atom stereocenters. The fraction of sp³-hybridized carbons (Fsp3) is 0. The average molecular weight is 205 g/mol. The number of hydrazone groups is 1. The number of hydrogen-bond acceptors (Lipinski definition) is 5. The van der Waals surface area contributed by atoms with E-state index < -0.39 is 22.8 Å². The van der Waals surface area contributed by atoms with Gasteiger partial charge in [-0.15, -0.1) is 0 Å². The van der Waals surface area contributed by atoms with Crippen LogP contribution in [0.3, 0.4) is 0 Å². The molecule has 0 saturated heterocycles. The summed E-state index contributed by atoms with van der Waals surface area (Å²) in [4.78, 5) is 30.8. The predicted octanol–water partition coefficient (Wildman–Crippen LogP) is -3.90. The Labute approximate surface area is 76.6 Å². The van der Waals surface area contributed by atoms with Crippen molar-refractivity contribution in [3.63, 3.8) is 0 Å². The smallest absolute Gasteiger partial charge is 0.329 e. The highest BCUT2D eigenvalue weighted by atomic mass is 16.7. The first-order valence-corrected chi connectivity index (χ1v) is 3.02. The Bertz CT molecular complexity index is 285. The van der Waals surface area contributed by atoms with Crippen molar-refractivity contribution in [2.45, 2.75) is 0 Å². The maximum atomic E-state index is 10.6. The van der Waals surface area contributed by atoms with E-state index in [9.17, 15) is 19.7 Å². The zero-order valence-corrected chi connectivity index (χ0v) is 6.68. The number of nitrogens with one attached hydrogen (secondary N) is 3. The van der Waals surface area contributed by atoms with Gasteiger partial charge >= 0.3 is 11.8 Å². The number of hydrogen-bond donors (Lipinski definition) is 5. The van der Waals surface area contributed by atoms with Gasteiger partial charge in [0.05, 0.1) is 0 Å². The van der Waals surface area contributed by atoms with Crippen molar-refractivity contribution < 1.29 is 14.6 Å². The van der Waals surface area contributed by atoms with Crippen LogP contribution in [0.1, 0.15) is 0 Å². The number of amides is 2. The van der Waals surface area contributed by atoms with Crippen molar-refractivity contribution in [3.8, 4) is 0 Å². The molecule has 0 saturated carbocycles. The van der Waals surface area contributed by atoms with Gasteiger partial charge in [0.1, 0.15) is 5.10 Å². The third kappa shape index (κ3) is 4.45. The zero-order chi connectivity index (χ0) is 11.1. The highest BCUT2D eigenvalue weighted by Gasteiger charge is 2.11. The van der Waals surface area contributed by atoms with Crippen LogP contribution in [0.5, 0.6) is 0 Å². The Morgan fingerprint density at radius 3 is 2.29 bits per heavy atom. The molecule has 0 aromatic rings. The van der Waals surface area contributed by atoms with E-state index in [-0.39, 0.29) is 0 Å². The SMILES string of the molecule is NNC(=O)C(=O)NNC(N)=N[N+](=O)[O-]. The summed E-state index contributed by atoms with van der Waals surface area (Å²) in [5, 5.41) is 11.2. The van der Waals surface area contributed by atoms with Crippen LogP contribution in [-0.2, 0) is 9.59 Å². The lowest BCUT2D eigenvalue weighted by Crippen LogP contribution is -2.52. The van der Waals surface area contributed by atoms with Gasteiger partial charge in [0, 0.05) is 0 Å². The number of hydrazine groups is 2. The van der Waals surface area contributed by atoms with Crippen LogP contribution in [0, 0.1) is 10.1 Å². The Morgan fingerprint density at radius 2 is 1.86 bits per heavy atom. The molecule has 0 unspecified atom stereocenters. The van der Waals surface area contributed by atoms with Crippen LogP contribution in [0.4, 0.5) is 0 Å². The third-order valence-electron chi connectivity index (χ3n) is 0.831. The second-order valence-electron chi connectivity index (χ2n) is 1.78. The molecule has 11 heteroatoms. The normalized spacial score (nSPS) is 10.2. The Balaban J connectivity index is 4.01. The van der Waals surface area contributed by atoms with Gasteiger partial charge in [-0.3, -0.25) is 25.9 Å². The van der Waals surface area contributed by atoms with Crippen LogP contribution < -0.4 is 27.9 Å². The molecular weight excluding hydrogens is 198 g/mol. The van der Waals surface area contributed by atoms with E-state index in [0.29, 0.717) is 0 Å². The molecule has 0 bridgehead atoms. The minimum atomic E-state index is -1.17. The molecule has 0 aliphatic rings. The van der Waals surface area contributed by atoms with Crippen LogP contribution >= 0.6 is 0 Å². The number of nitro groups is 1. The molecule has 7 N–H and O–H groups in total. The second-order valence-corrected chi connectivity index (χ2v) is 1.78. The summed E-state index contributed by atoms with van der Waals surface area (Å²) in [7, 11) is 0. The number of carbonyl (C=O) groups is 2. The first-order chi connectivity index (χ1) is 6.47. The molecule has 0 aromatic heterocycles. The summed E-state index contributed by atoms with van der Waals surface area (Å²) >= 11 is 0.